The van der Waals surface area contributed by atoms with Crippen LogP contribution < -0.4 is 0 Å². The first-order chi connectivity index (χ1) is 33.5. The van der Waals surface area contributed by atoms with Crippen molar-refractivity contribution in [2.45, 2.75) is 277 Å². The van der Waals surface area contributed by atoms with Crippen molar-refractivity contribution in [3.63, 3.8) is 0 Å². The van der Waals surface area contributed by atoms with E-state index in [1.165, 1.54) is 128 Å². The van der Waals surface area contributed by atoms with Gasteiger partial charge in [0.25, 0.3) is 0 Å². The molecule has 390 valence electrons. The van der Waals surface area contributed by atoms with Crippen molar-refractivity contribution in [3.05, 3.63) is 85.1 Å². The van der Waals surface area contributed by atoms with E-state index in [1.807, 2.05) is 0 Å². The Morgan fingerprint density at radius 3 is 0.897 bits per heavy atom. The highest BCUT2D eigenvalue weighted by Crippen LogP contribution is 2.16. The number of hydrogen-bond acceptors (Lipinski definition) is 6. The van der Waals surface area contributed by atoms with Crippen molar-refractivity contribution in [2.24, 2.45) is 0 Å². The first-order valence-electron chi connectivity index (χ1n) is 28.6. The van der Waals surface area contributed by atoms with Crippen LogP contribution in [0.4, 0.5) is 0 Å². The van der Waals surface area contributed by atoms with E-state index in [-0.39, 0.29) is 37.5 Å². The van der Waals surface area contributed by atoms with E-state index in [2.05, 4.69) is 106 Å². The van der Waals surface area contributed by atoms with Gasteiger partial charge < -0.3 is 14.2 Å². The molecule has 0 heterocycles. The lowest BCUT2D eigenvalue weighted by atomic mass is 10.0. The molecule has 0 aliphatic carbocycles. The van der Waals surface area contributed by atoms with Gasteiger partial charge in [-0.15, -0.1) is 0 Å². The van der Waals surface area contributed by atoms with E-state index >= 15 is 0 Å². The van der Waals surface area contributed by atoms with E-state index in [9.17, 15) is 14.4 Å². The zero-order chi connectivity index (χ0) is 49.3. The first kappa shape index (κ1) is 64.6. The molecule has 0 aromatic heterocycles. The van der Waals surface area contributed by atoms with E-state index < -0.39 is 6.10 Å². The van der Waals surface area contributed by atoms with Crippen LogP contribution in [0.3, 0.4) is 0 Å². The average molecular weight is 948 g/mol. The lowest BCUT2D eigenvalue weighted by Gasteiger charge is -2.18. The summed E-state index contributed by atoms with van der Waals surface area (Å²) in [4.78, 5) is 37.8. The van der Waals surface area contributed by atoms with Crippen molar-refractivity contribution in [2.75, 3.05) is 13.2 Å². The van der Waals surface area contributed by atoms with Gasteiger partial charge in [0.1, 0.15) is 13.2 Å². The van der Waals surface area contributed by atoms with Crippen LogP contribution in [0, 0.1) is 0 Å². The van der Waals surface area contributed by atoms with Gasteiger partial charge in [-0.3, -0.25) is 14.4 Å². The maximum atomic E-state index is 12.8. The summed E-state index contributed by atoms with van der Waals surface area (Å²) < 4.78 is 16.7. The number of carbonyl (C=O) groups excluding carboxylic acids is 3. The van der Waals surface area contributed by atoms with Crippen molar-refractivity contribution >= 4 is 17.9 Å². The fourth-order valence-electron chi connectivity index (χ4n) is 7.90. The highest BCUT2D eigenvalue weighted by molar-refractivity contribution is 5.71. The first-order valence-corrected chi connectivity index (χ1v) is 28.6. The molecule has 0 radical (unpaired) electrons. The molecule has 6 nitrogen and oxygen atoms in total. The zero-order valence-corrected chi connectivity index (χ0v) is 44.6. The molecule has 0 saturated heterocycles. The summed E-state index contributed by atoms with van der Waals surface area (Å²) in [6.07, 6.45) is 73.5. The van der Waals surface area contributed by atoms with Gasteiger partial charge >= 0.3 is 17.9 Å². The van der Waals surface area contributed by atoms with Gasteiger partial charge in [0.05, 0.1) is 0 Å². The molecule has 0 rings (SSSR count). The van der Waals surface area contributed by atoms with Crippen LogP contribution in [0.15, 0.2) is 85.1 Å². The van der Waals surface area contributed by atoms with Gasteiger partial charge in [-0.2, -0.15) is 0 Å². The zero-order valence-electron chi connectivity index (χ0n) is 44.6. The summed E-state index contributed by atoms with van der Waals surface area (Å²) >= 11 is 0. The molecule has 0 aromatic rings. The Morgan fingerprint density at radius 1 is 0.309 bits per heavy atom. The van der Waals surface area contributed by atoms with Gasteiger partial charge in [-0.25, -0.2) is 0 Å². The second-order valence-corrected chi connectivity index (χ2v) is 18.8. The predicted molar refractivity (Wildman–Crippen MR) is 293 cm³/mol. The summed E-state index contributed by atoms with van der Waals surface area (Å²) in [6.45, 7) is 6.41. The number of rotatable bonds is 51. The van der Waals surface area contributed by atoms with E-state index in [0.717, 1.165) is 96.3 Å². The molecule has 0 aliphatic rings. The molecular weight excluding hydrogens is 841 g/mol. The minimum atomic E-state index is -0.795. The number of ether oxygens (including phenoxy) is 3. The van der Waals surface area contributed by atoms with Crippen LogP contribution >= 0.6 is 0 Å². The third kappa shape index (κ3) is 53.5. The Balaban J connectivity index is 4.19. The number of carbonyl (C=O) groups is 3. The second-order valence-electron chi connectivity index (χ2n) is 18.8. The Morgan fingerprint density at radius 2 is 0.574 bits per heavy atom. The lowest BCUT2D eigenvalue weighted by Crippen LogP contribution is -2.30. The van der Waals surface area contributed by atoms with Crippen LogP contribution in [0.2, 0.25) is 0 Å². The Hall–Kier alpha value is -3.41. The fraction of sp³-hybridized carbons (Fsp3) is 0.726. The maximum absolute atomic E-state index is 12.8. The third-order valence-electron chi connectivity index (χ3n) is 12.2. The molecule has 0 aromatic carbocycles. The normalized spacial score (nSPS) is 12.7. The fourth-order valence-corrected chi connectivity index (χ4v) is 7.90. The van der Waals surface area contributed by atoms with Gasteiger partial charge in [0.2, 0.25) is 0 Å². The van der Waals surface area contributed by atoms with E-state index in [1.54, 1.807) is 0 Å². The van der Waals surface area contributed by atoms with Gasteiger partial charge in [-0.05, 0) is 70.6 Å². The number of esters is 3. The molecule has 68 heavy (non-hydrogen) atoms. The molecule has 0 N–H and O–H groups in total. The van der Waals surface area contributed by atoms with Crippen molar-refractivity contribution in [1.29, 1.82) is 0 Å². The quantitative estimate of drug-likeness (QED) is 0.0262. The van der Waals surface area contributed by atoms with Crippen LogP contribution in [-0.2, 0) is 28.6 Å². The number of allylic oxidation sites excluding steroid dienone is 14. The van der Waals surface area contributed by atoms with E-state index in [4.69, 9.17) is 14.2 Å². The van der Waals surface area contributed by atoms with Crippen LogP contribution in [0.1, 0.15) is 271 Å². The highest BCUT2D eigenvalue weighted by Gasteiger charge is 2.19. The third-order valence-corrected chi connectivity index (χ3v) is 12.2. The minimum Gasteiger partial charge on any atom is -0.462 e. The lowest BCUT2D eigenvalue weighted by molar-refractivity contribution is -0.167. The standard InChI is InChI=1S/C62H106O6/c1-4-7-10-13-15-17-19-21-23-25-27-29-31-33-34-36-38-40-42-44-46-49-52-55-61(64)67-58-59(57-66-60(63)54-51-48-12-9-6-3)68-62(65)56-53-50-47-45-43-41-39-37-35-32-30-28-26-24-22-20-18-16-14-11-8-5-2/h7,10,15,17,21,23,27,29,33-34,38,40,44,46,59H,4-6,8-9,11-14,16,18-20,22,24-26,28,30-32,35-37,39,41-43,45,47-58H2,1-3H3/b10-7-,17-15-,23-21-,29-27-,34-33-,40-38-,46-44-. The molecule has 0 amide bonds. The number of hydrogen-bond donors (Lipinski definition) is 0. The van der Waals surface area contributed by atoms with Crippen LogP contribution in [0.5, 0.6) is 0 Å². The molecule has 0 aliphatic heterocycles. The molecular formula is C62H106O6. The van der Waals surface area contributed by atoms with Crippen LogP contribution in [-0.4, -0.2) is 37.2 Å². The molecule has 0 bridgehead atoms. The summed E-state index contributed by atoms with van der Waals surface area (Å²) in [6, 6.07) is 0. The summed E-state index contributed by atoms with van der Waals surface area (Å²) in [7, 11) is 0. The molecule has 6 heteroatoms. The average Bonchev–Trinajstić information content (AvgIpc) is 3.34. The summed E-state index contributed by atoms with van der Waals surface area (Å²) in [5, 5.41) is 0. The van der Waals surface area contributed by atoms with Gasteiger partial charge in [0.15, 0.2) is 6.10 Å². The molecule has 1 unspecified atom stereocenters. The Kier molecular flexibility index (Phi) is 53.4. The minimum absolute atomic E-state index is 0.0937. The van der Waals surface area contributed by atoms with Gasteiger partial charge in [-0.1, -0.05) is 266 Å². The van der Waals surface area contributed by atoms with Crippen molar-refractivity contribution < 1.29 is 28.6 Å². The van der Waals surface area contributed by atoms with Crippen molar-refractivity contribution in [3.8, 4) is 0 Å². The second kappa shape index (κ2) is 56.2. The van der Waals surface area contributed by atoms with Crippen molar-refractivity contribution in [1.82, 2.24) is 0 Å². The largest absolute Gasteiger partial charge is 0.462 e. The smallest absolute Gasteiger partial charge is 0.306 e. The van der Waals surface area contributed by atoms with Gasteiger partial charge in [0, 0.05) is 19.3 Å². The topological polar surface area (TPSA) is 78.9 Å². The highest BCUT2D eigenvalue weighted by atomic mass is 16.6. The maximum Gasteiger partial charge on any atom is 0.306 e. The molecule has 0 spiro atoms. The Labute approximate surface area is 420 Å². The predicted octanol–water partition coefficient (Wildman–Crippen LogP) is 19.2. The molecule has 0 fully saturated rings. The summed E-state index contributed by atoms with van der Waals surface area (Å²) in [5.41, 5.74) is 0. The molecule has 0 saturated carbocycles. The molecule has 1 atom stereocenters. The number of unbranched alkanes of at least 4 members (excludes halogenated alkanes) is 26. The Bertz CT molecular complexity index is 1320. The summed E-state index contributed by atoms with van der Waals surface area (Å²) in [5.74, 6) is -0.964. The van der Waals surface area contributed by atoms with Crippen LogP contribution in [0.25, 0.3) is 0 Å². The monoisotopic (exact) mass is 947 g/mol. The SMILES string of the molecule is CC/C=C\C/C=C\C/C=C\C/C=C\C/C=C\C/C=C\C/C=C\CCCC(=O)OCC(COC(=O)CCCCCCC)OC(=O)CCCCCCCCCCCCCCCCCCCCCCCC. The van der Waals surface area contributed by atoms with E-state index in [0.29, 0.717) is 19.3 Å².